The van der Waals surface area contributed by atoms with Crippen molar-refractivity contribution in [2.45, 2.75) is 93.5 Å². The molecule has 3 aliphatic rings. The van der Waals surface area contributed by atoms with Gasteiger partial charge < -0.3 is 9.47 Å². The molecule has 2 aliphatic heterocycles. The van der Waals surface area contributed by atoms with Crippen molar-refractivity contribution >= 4 is 13.4 Å². The van der Waals surface area contributed by atoms with Gasteiger partial charge in [0.2, 0.25) is 0 Å². The van der Waals surface area contributed by atoms with Crippen molar-refractivity contribution in [3.63, 3.8) is 0 Å². The minimum Gasteiger partial charge on any atom is -0.380 e. The van der Waals surface area contributed by atoms with Crippen LogP contribution in [-0.2, 0) is 9.47 Å². The molecule has 1 aliphatic carbocycles. The molecule has 0 amide bonds. The third-order valence-electron chi connectivity index (χ3n) is 10.1. The Bertz CT molecular complexity index is 633. The molecule has 0 aromatic carbocycles. The lowest BCUT2D eigenvalue weighted by molar-refractivity contribution is 0.177. The highest BCUT2D eigenvalue weighted by molar-refractivity contribution is 6.70. The topological polar surface area (TPSA) is 18.5 Å². The molecule has 30 heavy (non-hydrogen) atoms. The molecular weight excluding hydrogens is 366 g/mol. The standard InChI is InChI=1S/C26H46B2O2/c1-23(2)15-27(16-24(23,3)4)21-11-12-22(20(14-30-10)19(21)13-29-9)28-17-25(5,6)26(7,8)18-28/h11-18H2,1-10H3. The summed E-state index contributed by atoms with van der Waals surface area (Å²) in [6.07, 6.45) is 7.61. The molecule has 0 aromatic heterocycles. The van der Waals surface area contributed by atoms with Gasteiger partial charge >= 0.3 is 0 Å². The van der Waals surface area contributed by atoms with Gasteiger partial charge in [-0.15, -0.1) is 0 Å². The molecule has 0 radical (unpaired) electrons. The number of rotatable bonds is 6. The molecule has 0 atom stereocenters. The average Bonchev–Trinajstić information content (AvgIpc) is 2.96. The fourth-order valence-electron chi connectivity index (χ4n) is 6.71. The van der Waals surface area contributed by atoms with E-state index in [1.54, 1.807) is 10.9 Å². The maximum atomic E-state index is 5.80. The van der Waals surface area contributed by atoms with Gasteiger partial charge in [-0.25, -0.2) is 0 Å². The molecule has 0 spiro atoms. The second-order valence-corrected chi connectivity index (χ2v) is 13.1. The van der Waals surface area contributed by atoms with Crippen LogP contribution in [0.3, 0.4) is 0 Å². The van der Waals surface area contributed by atoms with Crippen molar-refractivity contribution in [1.82, 2.24) is 0 Å². The second kappa shape index (κ2) is 8.14. The predicted molar refractivity (Wildman–Crippen MR) is 133 cm³/mol. The van der Waals surface area contributed by atoms with E-state index in [2.05, 4.69) is 55.4 Å². The van der Waals surface area contributed by atoms with Crippen LogP contribution in [-0.4, -0.2) is 40.9 Å². The summed E-state index contributed by atoms with van der Waals surface area (Å²) in [7, 11) is 3.71. The normalized spacial score (nSPS) is 27.4. The zero-order chi connectivity index (χ0) is 22.5. The molecule has 0 aromatic rings. The van der Waals surface area contributed by atoms with Crippen LogP contribution in [0.25, 0.3) is 0 Å². The molecule has 0 bridgehead atoms. The Morgan fingerprint density at radius 3 is 1.07 bits per heavy atom. The average molecular weight is 412 g/mol. The lowest BCUT2D eigenvalue weighted by Gasteiger charge is -2.35. The van der Waals surface area contributed by atoms with Crippen LogP contribution in [0, 0.1) is 21.7 Å². The van der Waals surface area contributed by atoms with Gasteiger partial charge in [-0.3, -0.25) is 0 Å². The Morgan fingerprint density at radius 2 is 0.833 bits per heavy atom. The fraction of sp³-hybridized carbons (Fsp3) is 0.846. The van der Waals surface area contributed by atoms with Gasteiger partial charge in [-0.1, -0.05) is 91.6 Å². The Balaban J connectivity index is 2.03. The third-order valence-corrected chi connectivity index (χ3v) is 10.1. The SMILES string of the molecule is COCC1=C(B2CC(C)(C)C(C)(C)C2)CCC(B2CC(C)(C)C(C)(C)C2)=C1COC. The maximum Gasteiger partial charge on any atom is 0.172 e. The van der Waals surface area contributed by atoms with Crippen molar-refractivity contribution in [3.05, 3.63) is 22.1 Å². The summed E-state index contributed by atoms with van der Waals surface area (Å²) >= 11 is 0. The lowest BCUT2D eigenvalue weighted by atomic mass is 9.35. The van der Waals surface area contributed by atoms with Gasteiger partial charge in [0.25, 0.3) is 0 Å². The van der Waals surface area contributed by atoms with E-state index in [4.69, 9.17) is 9.47 Å². The van der Waals surface area contributed by atoms with E-state index >= 15 is 0 Å². The van der Waals surface area contributed by atoms with E-state index in [0.29, 0.717) is 35.1 Å². The predicted octanol–water partition coefficient (Wildman–Crippen LogP) is 6.87. The highest BCUT2D eigenvalue weighted by atomic mass is 16.5. The Hall–Kier alpha value is -0.470. The number of ether oxygens (including phenoxy) is 2. The summed E-state index contributed by atoms with van der Waals surface area (Å²) in [6.45, 7) is 22.5. The van der Waals surface area contributed by atoms with Crippen LogP contribution in [0.5, 0.6) is 0 Å². The quantitative estimate of drug-likeness (QED) is 0.444. The Labute approximate surface area is 187 Å². The van der Waals surface area contributed by atoms with Gasteiger partial charge in [0, 0.05) is 14.2 Å². The first-order valence-electron chi connectivity index (χ1n) is 12.2. The first-order valence-corrected chi connectivity index (χ1v) is 12.2. The summed E-state index contributed by atoms with van der Waals surface area (Å²) in [5, 5.41) is 0. The zero-order valence-corrected chi connectivity index (χ0v) is 21.6. The first-order chi connectivity index (χ1) is 13.8. The minimum atomic E-state index is 0.383. The van der Waals surface area contributed by atoms with Crippen molar-refractivity contribution < 1.29 is 9.47 Å². The molecule has 168 valence electrons. The Kier molecular flexibility index (Phi) is 6.56. The van der Waals surface area contributed by atoms with Crippen LogP contribution < -0.4 is 0 Å². The lowest BCUT2D eigenvalue weighted by Crippen LogP contribution is -2.27. The molecule has 2 saturated heterocycles. The number of hydrogen-bond acceptors (Lipinski definition) is 2. The van der Waals surface area contributed by atoms with Crippen molar-refractivity contribution in [2.24, 2.45) is 21.7 Å². The summed E-state index contributed by atoms with van der Waals surface area (Å²) < 4.78 is 11.6. The van der Waals surface area contributed by atoms with E-state index in [1.807, 2.05) is 14.2 Å². The van der Waals surface area contributed by atoms with E-state index < -0.39 is 0 Å². The van der Waals surface area contributed by atoms with E-state index in [0.717, 1.165) is 13.2 Å². The monoisotopic (exact) mass is 412 g/mol. The molecule has 3 rings (SSSR count). The maximum absolute atomic E-state index is 5.80. The molecular formula is C26H46B2O2. The molecule has 0 N–H and O–H groups in total. The molecule has 2 heterocycles. The van der Waals surface area contributed by atoms with E-state index in [-0.39, 0.29) is 0 Å². The molecule has 2 nitrogen and oxygen atoms in total. The highest BCUT2D eigenvalue weighted by Gasteiger charge is 2.51. The van der Waals surface area contributed by atoms with Gasteiger partial charge in [0.15, 0.2) is 13.4 Å². The van der Waals surface area contributed by atoms with Crippen LogP contribution in [0.1, 0.15) is 68.2 Å². The van der Waals surface area contributed by atoms with Gasteiger partial charge in [0.1, 0.15) is 0 Å². The van der Waals surface area contributed by atoms with Crippen LogP contribution in [0.2, 0.25) is 25.3 Å². The van der Waals surface area contributed by atoms with Crippen LogP contribution in [0.4, 0.5) is 0 Å². The van der Waals surface area contributed by atoms with Crippen molar-refractivity contribution in [2.75, 3.05) is 27.4 Å². The highest BCUT2D eigenvalue weighted by Crippen LogP contribution is 2.57. The number of hydrogen-bond donors (Lipinski definition) is 0. The number of methoxy groups -OCH3 is 2. The molecule has 4 heteroatoms. The molecule has 0 saturated carbocycles. The summed E-state index contributed by atoms with van der Waals surface area (Å²) in [6, 6.07) is 0. The van der Waals surface area contributed by atoms with Gasteiger partial charge in [0.05, 0.1) is 13.2 Å². The first kappa shape index (κ1) is 24.2. The smallest absolute Gasteiger partial charge is 0.172 e. The summed E-state index contributed by atoms with van der Waals surface area (Å²) in [4.78, 5) is 0. The van der Waals surface area contributed by atoms with Gasteiger partial charge in [-0.05, 0) is 45.6 Å². The largest absolute Gasteiger partial charge is 0.380 e. The summed E-state index contributed by atoms with van der Waals surface area (Å²) in [5.41, 5.74) is 7.87. The summed E-state index contributed by atoms with van der Waals surface area (Å²) in [5.74, 6) is 0. The van der Waals surface area contributed by atoms with E-state index in [1.165, 1.54) is 49.3 Å². The molecule has 2 fully saturated rings. The van der Waals surface area contributed by atoms with E-state index in [9.17, 15) is 0 Å². The Morgan fingerprint density at radius 1 is 0.567 bits per heavy atom. The van der Waals surface area contributed by atoms with Crippen LogP contribution >= 0.6 is 0 Å². The minimum absolute atomic E-state index is 0.383. The van der Waals surface area contributed by atoms with Gasteiger partial charge in [-0.2, -0.15) is 0 Å². The van der Waals surface area contributed by atoms with Crippen LogP contribution in [0.15, 0.2) is 22.1 Å². The molecule has 0 unspecified atom stereocenters. The zero-order valence-electron chi connectivity index (χ0n) is 21.6. The number of allylic oxidation sites excluding steroid dienone is 2. The fourth-order valence-corrected chi connectivity index (χ4v) is 6.71. The van der Waals surface area contributed by atoms with Crippen molar-refractivity contribution in [1.29, 1.82) is 0 Å². The second-order valence-electron chi connectivity index (χ2n) is 13.1. The third kappa shape index (κ3) is 4.13. The van der Waals surface area contributed by atoms with Crippen molar-refractivity contribution in [3.8, 4) is 0 Å².